The lowest BCUT2D eigenvalue weighted by atomic mass is 9.95. The van der Waals surface area contributed by atoms with Crippen LogP contribution < -0.4 is 9.47 Å². The zero-order valence-electron chi connectivity index (χ0n) is 19.6. The van der Waals surface area contributed by atoms with E-state index in [0.29, 0.717) is 35.8 Å². The van der Waals surface area contributed by atoms with Crippen LogP contribution in [0, 0.1) is 11.3 Å². The van der Waals surface area contributed by atoms with Gasteiger partial charge in [0.25, 0.3) is 5.91 Å². The number of nitriles is 1. The number of fused-ring (bicyclic) bond motifs is 1. The van der Waals surface area contributed by atoms with Gasteiger partial charge in [-0.3, -0.25) is 9.69 Å². The fraction of sp³-hybridized carbons (Fsp3) is 0.0968. The van der Waals surface area contributed by atoms with Gasteiger partial charge >= 0.3 is 0 Å². The van der Waals surface area contributed by atoms with E-state index in [1.807, 2.05) is 84.9 Å². The average Bonchev–Trinajstić information content (AvgIpc) is 2.95. The van der Waals surface area contributed by atoms with E-state index >= 15 is 0 Å². The Morgan fingerprint density at radius 2 is 1.39 bits per heavy atom. The number of carbonyl (C=O) groups is 1. The molecular weight excluding hydrogens is 448 g/mol. The third-order valence-electron chi connectivity index (χ3n) is 5.99. The van der Waals surface area contributed by atoms with Crippen molar-refractivity contribution in [1.29, 1.82) is 5.26 Å². The van der Waals surface area contributed by atoms with Crippen molar-refractivity contribution in [3.05, 3.63) is 137 Å². The molecule has 4 aromatic rings. The van der Waals surface area contributed by atoms with Crippen LogP contribution >= 0.6 is 0 Å². The molecule has 0 aromatic heterocycles. The van der Waals surface area contributed by atoms with Gasteiger partial charge in [-0.05, 0) is 35.4 Å². The van der Waals surface area contributed by atoms with E-state index in [1.165, 1.54) is 4.90 Å². The molecule has 0 bridgehead atoms. The van der Waals surface area contributed by atoms with Gasteiger partial charge in [0.05, 0.1) is 6.07 Å². The molecule has 1 atom stereocenters. The minimum Gasteiger partial charge on any atom is -0.489 e. The quantitative estimate of drug-likeness (QED) is 0.307. The molecule has 1 heterocycles. The summed E-state index contributed by atoms with van der Waals surface area (Å²) < 4.78 is 12.3. The molecule has 0 aliphatic carbocycles. The van der Waals surface area contributed by atoms with Gasteiger partial charge < -0.3 is 9.47 Å². The first-order chi connectivity index (χ1) is 17.7. The Labute approximate surface area is 210 Å². The molecule has 5 rings (SSSR count). The fourth-order valence-electron chi connectivity index (χ4n) is 4.14. The van der Waals surface area contributed by atoms with Crippen molar-refractivity contribution in [1.82, 2.24) is 4.90 Å². The monoisotopic (exact) mass is 472 g/mol. The molecule has 0 saturated heterocycles. The molecular formula is C31H24N2O3. The summed E-state index contributed by atoms with van der Waals surface area (Å²) in [5.74, 6) is 0.928. The van der Waals surface area contributed by atoms with Crippen molar-refractivity contribution in [3.8, 4) is 17.6 Å². The molecule has 0 N–H and O–H groups in total. The molecule has 1 aliphatic rings. The maximum Gasteiger partial charge on any atom is 0.259 e. The van der Waals surface area contributed by atoms with E-state index in [-0.39, 0.29) is 5.91 Å². The largest absolute Gasteiger partial charge is 0.489 e. The first-order valence-electron chi connectivity index (χ1n) is 11.7. The fourth-order valence-corrected chi connectivity index (χ4v) is 4.14. The second-order valence-electron chi connectivity index (χ2n) is 8.40. The highest BCUT2D eigenvalue weighted by molar-refractivity contribution is 5.96. The second-order valence-corrected chi connectivity index (χ2v) is 8.40. The first-order valence-corrected chi connectivity index (χ1v) is 11.7. The van der Waals surface area contributed by atoms with Gasteiger partial charge in [-0.25, -0.2) is 0 Å². The first kappa shape index (κ1) is 22.9. The van der Waals surface area contributed by atoms with E-state index in [9.17, 15) is 10.1 Å². The number of rotatable bonds is 7. The summed E-state index contributed by atoms with van der Waals surface area (Å²) in [6.07, 6.45) is 3.48. The molecule has 4 aromatic carbocycles. The minimum atomic E-state index is -0.822. The van der Waals surface area contributed by atoms with Gasteiger partial charge in [0, 0.05) is 29.0 Å². The van der Waals surface area contributed by atoms with Crippen molar-refractivity contribution < 1.29 is 14.3 Å². The Morgan fingerprint density at radius 3 is 2.00 bits per heavy atom. The predicted octanol–water partition coefficient (Wildman–Crippen LogP) is 6.54. The maximum atomic E-state index is 13.2. The molecule has 1 amide bonds. The van der Waals surface area contributed by atoms with Gasteiger partial charge in [0.2, 0.25) is 0 Å². The predicted molar refractivity (Wildman–Crippen MR) is 138 cm³/mol. The Bertz CT molecular complexity index is 1410. The molecule has 5 heteroatoms. The highest BCUT2D eigenvalue weighted by atomic mass is 16.5. The Morgan fingerprint density at radius 1 is 0.806 bits per heavy atom. The van der Waals surface area contributed by atoms with Crippen molar-refractivity contribution >= 4 is 12.0 Å². The molecule has 0 saturated carbocycles. The van der Waals surface area contributed by atoms with E-state index in [2.05, 4.69) is 6.07 Å². The number of amides is 1. The standard InChI is InChI=1S/C31H24N2O3/c32-20-29-28-18-26(35-21-23-10-4-1-5-11-23)19-30(36-22-24-12-6-2-7-13-24)27(28)16-17-33(29)31(34)25-14-8-3-9-15-25/h1-19,29H,21-22H2. The smallest absolute Gasteiger partial charge is 0.259 e. The summed E-state index contributed by atoms with van der Waals surface area (Å²) in [6.45, 7) is 0.741. The molecule has 0 radical (unpaired) electrons. The van der Waals surface area contributed by atoms with Crippen molar-refractivity contribution in [3.63, 3.8) is 0 Å². The van der Waals surface area contributed by atoms with Crippen molar-refractivity contribution in [2.45, 2.75) is 19.3 Å². The normalized spacial score (nSPS) is 14.0. The third-order valence-corrected chi connectivity index (χ3v) is 5.99. The number of carbonyl (C=O) groups excluding carboxylic acids is 1. The zero-order valence-corrected chi connectivity index (χ0v) is 19.6. The zero-order chi connectivity index (χ0) is 24.7. The van der Waals surface area contributed by atoms with Gasteiger partial charge in [0.15, 0.2) is 0 Å². The molecule has 1 aliphatic heterocycles. The minimum absolute atomic E-state index is 0.244. The summed E-state index contributed by atoms with van der Waals surface area (Å²) in [5, 5.41) is 10.1. The van der Waals surface area contributed by atoms with Crippen LogP contribution in [0.4, 0.5) is 0 Å². The number of hydrogen-bond donors (Lipinski definition) is 0. The lowest BCUT2D eigenvalue weighted by Crippen LogP contribution is -2.32. The molecule has 0 spiro atoms. The second kappa shape index (κ2) is 10.6. The Hall–Kier alpha value is -4.82. The van der Waals surface area contributed by atoms with Crippen LogP contribution in [0.1, 0.15) is 38.7 Å². The van der Waals surface area contributed by atoms with Crippen LogP contribution in [-0.2, 0) is 13.2 Å². The van der Waals surface area contributed by atoms with Crippen LogP contribution in [0.5, 0.6) is 11.5 Å². The molecule has 1 unspecified atom stereocenters. The Balaban J connectivity index is 1.49. The Kier molecular flexibility index (Phi) is 6.77. The van der Waals surface area contributed by atoms with E-state index in [1.54, 1.807) is 30.5 Å². The van der Waals surface area contributed by atoms with Crippen molar-refractivity contribution in [2.24, 2.45) is 0 Å². The lowest BCUT2D eigenvalue weighted by molar-refractivity contribution is 0.0793. The third kappa shape index (κ3) is 4.98. The van der Waals surface area contributed by atoms with E-state index < -0.39 is 6.04 Å². The summed E-state index contributed by atoms with van der Waals surface area (Å²) >= 11 is 0. The molecule has 5 nitrogen and oxygen atoms in total. The van der Waals surface area contributed by atoms with Crippen LogP contribution in [0.2, 0.25) is 0 Å². The van der Waals surface area contributed by atoms with Gasteiger partial charge in [-0.2, -0.15) is 5.26 Å². The van der Waals surface area contributed by atoms with Gasteiger partial charge in [-0.1, -0.05) is 78.9 Å². The SMILES string of the molecule is N#CC1c2cc(OCc3ccccc3)cc(OCc3ccccc3)c2C=CN1C(=O)c1ccccc1. The summed E-state index contributed by atoms with van der Waals surface area (Å²) in [7, 11) is 0. The number of hydrogen-bond acceptors (Lipinski definition) is 4. The highest BCUT2D eigenvalue weighted by Gasteiger charge is 2.31. The van der Waals surface area contributed by atoms with Crippen LogP contribution in [-0.4, -0.2) is 10.8 Å². The summed E-state index contributed by atoms with van der Waals surface area (Å²) in [6, 6.07) is 33.9. The van der Waals surface area contributed by atoms with Crippen molar-refractivity contribution in [2.75, 3.05) is 0 Å². The van der Waals surface area contributed by atoms with E-state index in [0.717, 1.165) is 16.7 Å². The number of nitrogens with zero attached hydrogens (tertiary/aromatic N) is 2. The van der Waals surface area contributed by atoms with Gasteiger partial charge in [-0.15, -0.1) is 0 Å². The number of benzene rings is 4. The highest BCUT2D eigenvalue weighted by Crippen LogP contribution is 2.40. The van der Waals surface area contributed by atoms with Gasteiger partial charge in [0.1, 0.15) is 30.8 Å². The number of ether oxygens (including phenoxy) is 2. The van der Waals surface area contributed by atoms with Crippen LogP contribution in [0.3, 0.4) is 0 Å². The molecule has 176 valence electrons. The van der Waals surface area contributed by atoms with Crippen LogP contribution in [0.15, 0.2) is 109 Å². The molecule has 0 fully saturated rings. The molecule has 36 heavy (non-hydrogen) atoms. The topological polar surface area (TPSA) is 62.6 Å². The average molecular weight is 473 g/mol. The summed E-state index contributed by atoms with van der Waals surface area (Å²) in [4.78, 5) is 14.7. The lowest BCUT2D eigenvalue weighted by Gasteiger charge is -2.30. The van der Waals surface area contributed by atoms with E-state index in [4.69, 9.17) is 9.47 Å². The van der Waals surface area contributed by atoms with Crippen LogP contribution in [0.25, 0.3) is 6.08 Å². The summed E-state index contributed by atoms with van der Waals surface area (Å²) in [5.41, 5.74) is 4.00. The maximum absolute atomic E-state index is 13.2.